The number of ether oxygens (including phenoxy) is 1. The first kappa shape index (κ1) is 14.8. The zero-order valence-corrected chi connectivity index (χ0v) is 12.3. The second-order valence-electron chi connectivity index (χ2n) is 5.37. The van der Waals surface area contributed by atoms with Crippen LogP contribution in [0.2, 0.25) is 5.02 Å². The van der Waals surface area contributed by atoms with Gasteiger partial charge in [-0.3, -0.25) is 0 Å². The Morgan fingerprint density at radius 1 is 1.47 bits per heavy atom. The minimum atomic E-state index is -0.290. The molecular formula is C15H21ClFNO. The van der Waals surface area contributed by atoms with Crippen LogP contribution in [0.1, 0.15) is 31.2 Å². The van der Waals surface area contributed by atoms with E-state index < -0.39 is 0 Å². The van der Waals surface area contributed by atoms with E-state index in [2.05, 4.69) is 5.32 Å². The van der Waals surface area contributed by atoms with E-state index in [-0.39, 0.29) is 11.4 Å². The summed E-state index contributed by atoms with van der Waals surface area (Å²) in [4.78, 5) is 0. The Hall–Kier alpha value is -0.640. The number of nitrogens with one attached hydrogen (secondary N) is 1. The highest BCUT2D eigenvalue weighted by Gasteiger charge is 2.38. The summed E-state index contributed by atoms with van der Waals surface area (Å²) >= 11 is 6.08. The van der Waals surface area contributed by atoms with Crippen LogP contribution >= 0.6 is 11.6 Å². The summed E-state index contributed by atoms with van der Waals surface area (Å²) in [6, 6.07) is 4.90. The van der Waals surface area contributed by atoms with E-state index >= 15 is 0 Å². The number of halogens is 2. The van der Waals surface area contributed by atoms with Crippen LogP contribution in [-0.4, -0.2) is 25.8 Å². The van der Waals surface area contributed by atoms with Crippen molar-refractivity contribution in [3.8, 4) is 0 Å². The van der Waals surface area contributed by atoms with E-state index in [0.717, 1.165) is 31.2 Å². The molecule has 1 aliphatic rings. The lowest BCUT2D eigenvalue weighted by atomic mass is 9.75. The highest BCUT2D eigenvalue weighted by atomic mass is 35.5. The Morgan fingerprint density at radius 3 is 2.68 bits per heavy atom. The third-order valence-electron chi connectivity index (χ3n) is 4.21. The molecule has 0 aromatic heterocycles. The molecule has 0 aliphatic heterocycles. The number of hydrogen-bond donors (Lipinski definition) is 1. The smallest absolute Gasteiger partial charge is 0.124 e. The van der Waals surface area contributed by atoms with E-state index in [0.29, 0.717) is 11.1 Å². The van der Waals surface area contributed by atoms with E-state index in [4.69, 9.17) is 16.3 Å². The predicted octanol–water partition coefficient (Wildman–Crippen LogP) is 3.57. The predicted molar refractivity (Wildman–Crippen MR) is 76.2 cm³/mol. The van der Waals surface area contributed by atoms with E-state index in [1.165, 1.54) is 18.6 Å². The molecule has 0 spiro atoms. The Kier molecular flexibility index (Phi) is 4.82. The van der Waals surface area contributed by atoms with E-state index in [1.54, 1.807) is 13.2 Å². The maximum atomic E-state index is 13.0. The van der Waals surface area contributed by atoms with Crippen LogP contribution < -0.4 is 5.32 Å². The molecule has 4 heteroatoms. The van der Waals surface area contributed by atoms with Gasteiger partial charge in [0.15, 0.2) is 0 Å². The van der Waals surface area contributed by atoms with Crippen LogP contribution in [0.5, 0.6) is 0 Å². The van der Waals surface area contributed by atoms with Gasteiger partial charge in [0.2, 0.25) is 0 Å². The fraction of sp³-hybridized carbons (Fsp3) is 0.600. The van der Waals surface area contributed by atoms with Crippen molar-refractivity contribution in [2.45, 2.75) is 43.7 Å². The molecule has 1 saturated carbocycles. The van der Waals surface area contributed by atoms with Crippen LogP contribution in [0, 0.1) is 5.82 Å². The zero-order valence-electron chi connectivity index (χ0n) is 11.5. The lowest BCUT2D eigenvalue weighted by Gasteiger charge is -2.43. The molecule has 1 aliphatic carbocycles. The molecule has 106 valence electrons. The van der Waals surface area contributed by atoms with Gasteiger partial charge >= 0.3 is 0 Å². The van der Waals surface area contributed by atoms with Gasteiger partial charge in [-0.05, 0) is 56.8 Å². The first-order valence-corrected chi connectivity index (χ1v) is 7.13. The molecule has 2 rings (SSSR count). The van der Waals surface area contributed by atoms with Crippen molar-refractivity contribution in [3.05, 3.63) is 34.6 Å². The molecule has 2 nitrogen and oxygen atoms in total. The van der Waals surface area contributed by atoms with Crippen molar-refractivity contribution in [1.29, 1.82) is 0 Å². The molecule has 1 aromatic carbocycles. The van der Waals surface area contributed by atoms with Gasteiger partial charge in [0, 0.05) is 18.2 Å². The second-order valence-corrected chi connectivity index (χ2v) is 5.78. The van der Waals surface area contributed by atoms with Crippen LogP contribution in [0.25, 0.3) is 0 Å². The van der Waals surface area contributed by atoms with Crippen molar-refractivity contribution in [2.24, 2.45) is 0 Å². The Labute approximate surface area is 119 Å². The molecule has 0 bridgehead atoms. The minimum Gasteiger partial charge on any atom is -0.378 e. The van der Waals surface area contributed by atoms with Crippen molar-refractivity contribution in [1.82, 2.24) is 5.32 Å². The van der Waals surface area contributed by atoms with Gasteiger partial charge in [-0.1, -0.05) is 17.7 Å². The number of hydrogen-bond acceptors (Lipinski definition) is 2. The normalized spacial score (nSPS) is 18.9. The quantitative estimate of drug-likeness (QED) is 0.863. The van der Waals surface area contributed by atoms with Crippen molar-refractivity contribution in [2.75, 3.05) is 14.2 Å². The van der Waals surface area contributed by atoms with Crippen molar-refractivity contribution >= 4 is 11.6 Å². The average molecular weight is 286 g/mol. The average Bonchev–Trinajstić information content (AvgIpc) is 2.35. The first-order valence-electron chi connectivity index (χ1n) is 6.75. The van der Waals surface area contributed by atoms with E-state index in [9.17, 15) is 4.39 Å². The summed E-state index contributed by atoms with van der Waals surface area (Å²) in [6.07, 6.45) is 5.24. The molecule has 1 atom stereocenters. The summed E-state index contributed by atoms with van der Waals surface area (Å²) in [5, 5.41) is 3.82. The molecule has 1 aromatic rings. The van der Waals surface area contributed by atoms with E-state index in [1.807, 2.05) is 7.05 Å². The molecular weight excluding hydrogens is 265 g/mol. The molecule has 1 N–H and O–H groups in total. The molecule has 19 heavy (non-hydrogen) atoms. The molecule has 1 unspecified atom stereocenters. The fourth-order valence-electron chi connectivity index (χ4n) is 2.74. The zero-order chi connectivity index (χ0) is 13.9. The number of benzene rings is 1. The molecule has 0 amide bonds. The van der Waals surface area contributed by atoms with Gasteiger partial charge < -0.3 is 10.1 Å². The minimum absolute atomic E-state index is 0.0280. The Morgan fingerprint density at radius 2 is 2.21 bits per heavy atom. The summed E-state index contributed by atoms with van der Waals surface area (Å²) < 4.78 is 18.7. The monoisotopic (exact) mass is 285 g/mol. The van der Waals surface area contributed by atoms with Crippen LogP contribution in [0.3, 0.4) is 0 Å². The van der Waals surface area contributed by atoms with Crippen molar-refractivity contribution < 1.29 is 9.13 Å². The standard InChI is InChI=1S/C15H21ClFNO/c1-18-13(10-15(19-2)6-3-7-15)8-11-4-5-12(17)9-14(11)16/h4-5,9,13,18H,3,6-8,10H2,1-2H3. The summed E-state index contributed by atoms with van der Waals surface area (Å²) in [5.41, 5.74) is 1.01. The van der Waals surface area contributed by atoms with Gasteiger partial charge in [0.1, 0.15) is 5.82 Å². The number of methoxy groups -OCH3 is 1. The van der Waals surface area contributed by atoms with Crippen LogP contribution in [0.15, 0.2) is 18.2 Å². The molecule has 0 heterocycles. The topological polar surface area (TPSA) is 21.3 Å². The number of rotatable bonds is 6. The second kappa shape index (κ2) is 6.21. The van der Waals surface area contributed by atoms with Gasteiger partial charge in [-0.2, -0.15) is 0 Å². The largest absolute Gasteiger partial charge is 0.378 e. The maximum Gasteiger partial charge on any atom is 0.124 e. The number of likely N-dealkylation sites (N-methyl/N-ethyl adjacent to an activating group) is 1. The molecule has 0 saturated heterocycles. The van der Waals surface area contributed by atoms with Crippen LogP contribution in [0.4, 0.5) is 4.39 Å². The van der Waals surface area contributed by atoms with Crippen LogP contribution in [-0.2, 0) is 11.2 Å². The Balaban J connectivity index is 2.02. The summed E-state index contributed by atoms with van der Waals surface area (Å²) in [5.74, 6) is -0.290. The summed E-state index contributed by atoms with van der Waals surface area (Å²) in [7, 11) is 3.74. The molecule has 1 fully saturated rings. The SMILES string of the molecule is CNC(Cc1ccc(F)cc1Cl)CC1(OC)CCC1. The third kappa shape index (κ3) is 3.47. The van der Waals surface area contributed by atoms with Gasteiger partial charge in [-0.25, -0.2) is 4.39 Å². The first-order chi connectivity index (χ1) is 9.08. The van der Waals surface area contributed by atoms with Gasteiger partial charge in [-0.15, -0.1) is 0 Å². The van der Waals surface area contributed by atoms with Gasteiger partial charge in [0.05, 0.1) is 5.60 Å². The highest BCUT2D eigenvalue weighted by Crippen LogP contribution is 2.39. The summed E-state index contributed by atoms with van der Waals surface area (Å²) in [6.45, 7) is 0. The van der Waals surface area contributed by atoms with Gasteiger partial charge in [0.25, 0.3) is 0 Å². The maximum absolute atomic E-state index is 13.0. The lowest BCUT2D eigenvalue weighted by molar-refractivity contribution is -0.0830. The molecule has 0 radical (unpaired) electrons. The lowest BCUT2D eigenvalue weighted by Crippen LogP contribution is -2.45. The Bertz CT molecular complexity index is 429. The highest BCUT2D eigenvalue weighted by molar-refractivity contribution is 6.31. The fourth-order valence-corrected chi connectivity index (χ4v) is 2.99. The van der Waals surface area contributed by atoms with Crippen molar-refractivity contribution in [3.63, 3.8) is 0 Å². The third-order valence-corrected chi connectivity index (χ3v) is 4.56.